The number of aliphatic imine (C=N–C) groups is 1. The van der Waals surface area contributed by atoms with Gasteiger partial charge in [-0.05, 0) is 86.4 Å². The zero-order valence-corrected chi connectivity index (χ0v) is 20.5. The van der Waals surface area contributed by atoms with Crippen molar-refractivity contribution < 1.29 is 9.59 Å². The quantitative estimate of drug-likeness (QED) is 0.493. The topological polar surface area (TPSA) is 85.8 Å². The molecule has 0 radical (unpaired) electrons. The first-order valence-electron chi connectivity index (χ1n) is 11.9. The predicted molar refractivity (Wildman–Crippen MR) is 140 cm³/mol. The fourth-order valence-corrected chi connectivity index (χ4v) is 5.05. The van der Waals surface area contributed by atoms with E-state index in [1.165, 1.54) is 0 Å². The van der Waals surface area contributed by atoms with E-state index >= 15 is 0 Å². The molecule has 0 atom stereocenters. The van der Waals surface area contributed by atoms with Gasteiger partial charge in [-0.25, -0.2) is 0 Å². The minimum atomic E-state index is -0.213. The van der Waals surface area contributed by atoms with Gasteiger partial charge in [-0.15, -0.1) is 11.3 Å². The second-order valence-corrected chi connectivity index (χ2v) is 10.1. The van der Waals surface area contributed by atoms with Gasteiger partial charge >= 0.3 is 0 Å². The number of piperidine rings is 1. The van der Waals surface area contributed by atoms with Crippen molar-refractivity contribution in [2.24, 2.45) is 4.99 Å². The highest BCUT2D eigenvalue weighted by molar-refractivity contribution is 7.09. The van der Waals surface area contributed by atoms with Crippen LogP contribution in [-0.2, 0) is 13.1 Å². The maximum atomic E-state index is 12.9. The van der Waals surface area contributed by atoms with Crippen molar-refractivity contribution in [2.45, 2.75) is 32.0 Å². The van der Waals surface area contributed by atoms with Crippen molar-refractivity contribution in [3.63, 3.8) is 0 Å². The van der Waals surface area contributed by atoms with Gasteiger partial charge in [0.1, 0.15) is 5.84 Å². The summed E-state index contributed by atoms with van der Waals surface area (Å²) >= 11 is 1.61. The lowest BCUT2D eigenvalue weighted by Gasteiger charge is -2.30. The SMILES string of the molecule is CN1CCC(Nc2ccc(C(=O)NC3=NCc4ccc(C(=O)NCc5cccs5)cc43)cc2)CC1. The first-order chi connectivity index (χ1) is 17.0. The van der Waals surface area contributed by atoms with Crippen LogP contribution in [0, 0.1) is 0 Å². The molecule has 1 aromatic heterocycles. The van der Waals surface area contributed by atoms with Gasteiger partial charge in [-0.2, -0.15) is 0 Å². The average Bonchev–Trinajstić information content (AvgIpc) is 3.54. The third-order valence-electron chi connectivity index (χ3n) is 6.51. The van der Waals surface area contributed by atoms with Crippen LogP contribution in [0.5, 0.6) is 0 Å². The molecule has 3 aromatic rings. The number of carbonyl (C=O) groups excluding carboxylic acids is 2. The summed E-state index contributed by atoms with van der Waals surface area (Å²) in [4.78, 5) is 33.5. The Hall–Kier alpha value is -3.49. The summed E-state index contributed by atoms with van der Waals surface area (Å²) in [5.74, 6) is 0.146. The maximum Gasteiger partial charge on any atom is 0.256 e. The van der Waals surface area contributed by atoms with Gasteiger partial charge in [0.2, 0.25) is 0 Å². The van der Waals surface area contributed by atoms with E-state index in [0.29, 0.717) is 36.1 Å². The number of thiophene rings is 1. The number of hydrogen-bond donors (Lipinski definition) is 3. The summed E-state index contributed by atoms with van der Waals surface area (Å²) in [7, 11) is 2.15. The molecule has 0 aliphatic carbocycles. The van der Waals surface area contributed by atoms with E-state index in [4.69, 9.17) is 0 Å². The average molecular weight is 488 g/mol. The summed E-state index contributed by atoms with van der Waals surface area (Å²) in [6.45, 7) is 3.18. The molecule has 2 aromatic carbocycles. The number of fused-ring (bicyclic) bond motifs is 1. The van der Waals surface area contributed by atoms with Crippen LogP contribution >= 0.6 is 11.3 Å². The zero-order chi connectivity index (χ0) is 24.2. The number of rotatable bonds is 6. The molecule has 8 heteroatoms. The number of amides is 2. The van der Waals surface area contributed by atoms with E-state index in [2.05, 4.69) is 32.9 Å². The van der Waals surface area contributed by atoms with Crippen molar-refractivity contribution in [1.29, 1.82) is 0 Å². The van der Waals surface area contributed by atoms with E-state index < -0.39 is 0 Å². The monoisotopic (exact) mass is 487 g/mol. The molecule has 0 bridgehead atoms. The Kier molecular flexibility index (Phi) is 6.92. The largest absolute Gasteiger partial charge is 0.382 e. The van der Waals surface area contributed by atoms with Gasteiger partial charge in [-0.1, -0.05) is 12.1 Å². The number of carbonyl (C=O) groups is 2. The number of benzene rings is 2. The molecule has 2 amide bonds. The van der Waals surface area contributed by atoms with Crippen molar-refractivity contribution in [2.75, 3.05) is 25.5 Å². The van der Waals surface area contributed by atoms with Gasteiger partial charge in [0, 0.05) is 33.3 Å². The first kappa shape index (κ1) is 23.3. The van der Waals surface area contributed by atoms with Crippen molar-refractivity contribution in [1.82, 2.24) is 15.5 Å². The number of likely N-dealkylation sites (tertiary alicyclic amines) is 1. The van der Waals surface area contributed by atoms with E-state index in [-0.39, 0.29) is 11.8 Å². The smallest absolute Gasteiger partial charge is 0.256 e. The second kappa shape index (κ2) is 10.4. The molecule has 2 aliphatic rings. The van der Waals surface area contributed by atoms with Gasteiger partial charge in [0.05, 0.1) is 13.1 Å². The highest BCUT2D eigenvalue weighted by Gasteiger charge is 2.21. The minimum absolute atomic E-state index is 0.147. The van der Waals surface area contributed by atoms with Crippen molar-refractivity contribution in [3.05, 3.63) is 87.1 Å². The summed E-state index contributed by atoms with van der Waals surface area (Å²) in [6.07, 6.45) is 2.23. The maximum absolute atomic E-state index is 12.9. The molecule has 3 N–H and O–H groups in total. The second-order valence-electron chi connectivity index (χ2n) is 9.05. The predicted octanol–water partition coefficient (Wildman–Crippen LogP) is 3.87. The highest BCUT2D eigenvalue weighted by atomic mass is 32.1. The summed E-state index contributed by atoms with van der Waals surface area (Å²) in [6, 6.07) is 17.5. The Morgan fingerprint density at radius 1 is 1.03 bits per heavy atom. The van der Waals surface area contributed by atoms with Gasteiger partial charge in [0.15, 0.2) is 0 Å². The van der Waals surface area contributed by atoms with Crippen LogP contribution in [0.25, 0.3) is 0 Å². The lowest BCUT2D eigenvalue weighted by Crippen LogP contribution is -2.36. The molecule has 5 rings (SSSR count). The Balaban J connectivity index is 1.20. The van der Waals surface area contributed by atoms with Crippen LogP contribution < -0.4 is 16.0 Å². The van der Waals surface area contributed by atoms with E-state index in [0.717, 1.165) is 47.6 Å². The third-order valence-corrected chi connectivity index (χ3v) is 7.38. The normalized spacial score (nSPS) is 15.9. The Morgan fingerprint density at radius 2 is 1.80 bits per heavy atom. The van der Waals surface area contributed by atoms with Crippen LogP contribution in [0.3, 0.4) is 0 Å². The number of nitrogens with one attached hydrogen (secondary N) is 3. The van der Waals surface area contributed by atoms with Crippen LogP contribution in [0.2, 0.25) is 0 Å². The van der Waals surface area contributed by atoms with Crippen LogP contribution in [0.4, 0.5) is 5.69 Å². The lowest BCUT2D eigenvalue weighted by molar-refractivity contribution is 0.0949. The minimum Gasteiger partial charge on any atom is -0.382 e. The molecule has 35 heavy (non-hydrogen) atoms. The molecule has 0 saturated carbocycles. The Morgan fingerprint density at radius 3 is 2.54 bits per heavy atom. The molecule has 7 nitrogen and oxygen atoms in total. The van der Waals surface area contributed by atoms with Crippen LogP contribution in [0.15, 0.2) is 65.0 Å². The van der Waals surface area contributed by atoms with E-state index in [1.54, 1.807) is 23.5 Å². The number of hydrogen-bond acceptors (Lipinski definition) is 6. The number of anilines is 1. The molecular weight excluding hydrogens is 458 g/mol. The molecular formula is C27H29N5O2S. The lowest BCUT2D eigenvalue weighted by atomic mass is 10.0. The standard InChI is InChI=1S/C27H29N5O2S/c1-32-12-10-22(11-13-32)30-21-8-6-18(7-9-21)27(34)31-25-24-15-19(4-5-20(24)16-28-25)26(33)29-17-23-3-2-14-35-23/h2-9,14-15,22,30H,10-13,16-17H2,1H3,(H,29,33)(H,28,31,34). The first-order valence-corrected chi connectivity index (χ1v) is 12.8. The van der Waals surface area contributed by atoms with Crippen molar-refractivity contribution in [3.8, 4) is 0 Å². The summed E-state index contributed by atoms with van der Waals surface area (Å²) < 4.78 is 0. The Bertz CT molecular complexity index is 1230. The molecule has 3 heterocycles. The molecule has 2 aliphatic heterocycles. The number of nitrogens with zero attached hydrogens (tertiary/aromatic N) is 2. The fraction of sp³-hybridized carbons (Fsp3) is 0.296. The molecule has 0 spiro atoms. The van der Waals surface area contributed by atoms with Crippen LogP contribution in [0.1, 0.15) is 49.6 Å². The molecule has 1 saturated heterocycles. The molecule has 1 fully saturated rings. The van der Waals surface area contributed by atoms with Gasteiger partial charge < -0.3 is 20.9 Å². The van der Waals surface area contributed by atoms with E-state index in [1.807, 2.05) is 47.8 Å². The molecule has 0 unspecified atom stereocenters. The fourth-order valence-electron chi connectivity index (χ4n) is 4.40. The molecule has 180 valence electrons. The number of amidine groups is 1. The third kappa shape index (κ3) is 5.61. The van der Waals surface area contributed by atoms with Crippen LogP contribution in [-0.4, -0.2) is 48.7 Å². The Labute approximate surface area is 209 Å². The highest BCUT2D eigenvalue weighted by Crippen LogP contribution is 2.21. The zero-order valence-electron chi connectivity index (χ0n) is 19.7. The van der Waals surface area contributed by atoms with Crippen molar-refractivity contribution >= 4 is 34.7 Å². The van der Waals surface area contributed by atoms with E-state index in [9.17, 15) is 9.59 Å². The van der Waals surface area contributed by atoms with Gasteiger partial charge in [0.25, 0.3) is 11.8 Å². The summed E-state index contributed by atoms with van der Waals surface area (Å²) in [5, 5.41) is 11.4. The summed E-state index contributed by atoms with van der Waals surface area (Å²) in [5.41, 5.74) is 3.93. The van der Waals surface area contributed by atoms with Gasteiger partial charge in [-0.3, -0.25) is 14.6 Å².